The van der Waals surface area contributed by atoms with Crippen molar-refractivity contribution >= 4 is 0 Å². The van der Waals surface area contributed by atoms with Crippen LogP contribution in [-0.2, 0) is 13.0 Å². The minimum Gasteiger partial charge on any atom is -0.307 e. The summed E-state index contributed by atoms with van der Waals surface area (Å²) in [5, 5.41) is 14.5. The van der Waals surface area contributed by atoms with Gasteiger partial charge in [-0.05, 0) is 12.5 Å². The molecular weight excluding hydrogens is 242 g/mol. The summed E-state index contributed by atoms with van der Waals surface area (Å²) in [6, 6.07) is 0.0858. The normalized spacial score (nSPS) is 13.1. The first-order chi connectivity index (χ1) is 9.20. The van der Waals surface area contributed by atoms with Gasteiger partial charge in [0.15, 0.2) is 0 Å². The number of aromatic amines is 1. The van der Waals surface area contributed by atoms with Gasteiger partial charge in [0.2, 0.25) is 0 Å². The Labute approximate surface area is 112 Å². The highest BCUT2D eigenvalue weighted by Crippen LogP contribution is 2.13. The number of nitrogens with zero attached hydrogens (tertiary/aromatic N) is 5. The Morgan fingerprint density at radius 2 is 2.16 bits per heavy atom. The van der Waals surface area contributed by atoms with Crippen LogP contribution in [0.3, 0.4) is 0 Å². The highest BCUT2D eigenvalue weighted by atomic mass is 15.3. The molecule has 1 unspecified atom stereocenters. The summed E-state index contributed by atoms with van der Waals surface area (Å²) >= 11 is 0. The van der Waals surface area contributed by atoms with Crippen molar-refractivity contribution in [2.45, 2.75) is 39.8 Å². The summed E-state index contributed by atoms with van der Waals surface area (Å²) in [5.41, 5.74) is 0. The van der Waals surface area contributed by atoms with Gasteiger partial charge < -0.3 is 5.32 Å². The average molecular weight is 263 g/mol. The zero-order chi connectivity index (χ0) is 13.7. The Balaban J connectivity index is 2.11. The summed E-state index contributed by atoms with van der Waals surface area (Å²) < 4.78 is 1.96. The van der Waals surface area contributed by atoms with Crippen LogP contribution in [0.4, 0.5) is 0 Å². The second-order valence-electron chi connectivity index (χ2n) is 4.94. The van der Waals surface area contributed by atoms with Crippen LogP contribution in [0.15, 0.2) is 12.7 Å². The molecule has 0 saturated heterocycles. The maximum Gasteiger partial charge on any atom is 0.141 e. The summed E-state index contributed by atoms with van der Waals surface area (Å²) in [6.45, 7) is 8.16. The first kappa shape index (κ1) is 13.7. The number of likely N-dealkylation sites (N-methyl/N-ethyl adjacent to an activating group) is 1. The van der Waals surface area contributed by atoms with E-state index in [2.05, 4.69) is 51.4 Å². The van der Waals surface area contributed by atoms with E-state index in [1.165, 1.54) is 6.33 Å². The van der Waals surface area contributed by atoms with Gasteiger partial charge in [-0.1, -0.05) is 20.8 Å². The zero-order valence-electron chi connectivity index (χ0n) is 11.7. The summed E-state index contributed by atoms with van der Waals surface area (Å²) in [5.74, 6) is 2.35. The van der Waals surface area contributed by atoms with Crippen LogP contribution in [-0.4, -0.2) is 36.5 Å². The SMILES string of the molecule is CCNC(Cc1ncnn1CC(C)C)c1ncn[nH]1. The summed E-state index contributed by atoms with van der Waals surface area (Å²) in [6.07, 6.45) is 3.88. The lowest BCUT2D eigenvalue weighted by Crippen LogP contribution is -2.26. The first-order valence-corrected chi connectivity index (χ1v) is 6.66. The van der Waals surface area contributed by atoms with Crippen molar-refractivity contribution in [2.75, 3.05) is 6.54 Å². The monoisotopic (exact) mass is 263 g/mol. The molecule has 0 aliphatic carbocycles. The molecular formula is C12H21N7. The molecule has 2 aromatic heterocycles. The van der Waals surface area contributed by atoms with E-state index in [1.807, 2.05) is 4.68 Å². The van der Waals surface area contributed by atoms with Crippen molar-refractivity contribution in [1.29, 1.82) is 0 Å². The molecule has 104 valence electrons. The van der Waals surface area contributed by atoms with Crippen LogP contribution in [0, 0.1) is 5.92 Å². The van der Waals surface area contributed by atoms with Gasteiger partial charge in [-0.3, -0.25) is 5.10 Å². The fourth-order valence-electron chi connectivity index (χ4n) is 2.02. The van der Waals surface area contributed by atoms with Gasteiger partial charge in [0.25, 0.3) is 0 Å². The van der Waals surface area contributed by atoms with Crippen molar-refractivity contribution < 1.29 is 0 Å². The molecule has 0 aromatic carbocycles. The van der Waals surface area contributed by atoms with Crippen LogP contribution in [0.1, 0.15) is 38.5 Å². The zero-order valence-corrected chi connectivity index (χ0v) is 11.7. The summed E-state index contributed by atoms with van der Waals surface area (Å²) in [4.78, 5) is 8.57. The Kier molecular flexibility index (Phi) is 4.62. The third-order valence-electron chi connectivity index (χ3n) is 2.83. The van der Waals surface area contributed by atoms with Crippen LogP contribution < -0.4 is 5.32 Å². The topological polar surface area (TPSA) is 84.3 Å². The summed E-state index contributed by atoms with van der Waals surface area (Å²) in [7, 11) is 0. The Bertz CT molecular complexity index is 474. The molecule has 2 N–H and O–H groups in total. The molecule has 0 bridgehead atoms. The number of nitrogens with one attached hydrogen (secondary N) is 2. The molecule has 0 aliphatic heterocycles. The molecule has 19 heavy (non-hydrogen) atoms. The van der Waals surface area contributed by atoms with E-state index in [4.69, 9.17) is 0 Å². The minimum absolute atomic E-state index is 0.0858. The second-order valence-corrected chi connectivity index (χ2v) is 4.94. The largest absolute Gasteiger partial charge is 0.307 e. The van der Waals surface area contributed by atoms with E-state index in [9.17, 15) is 0 Å². The highest BCUT2D eigenvalue weighted by Gasteiger charge is 2.17. The number of H-pyrrole nitrogens is 1. The van der Waals surface area contributed by atoms with Crippen molar-refractivity contribution in [3.63, 3.8) is 0 Å². The van der Waals surface area contributed by atoms with E-state index in [1.54, 1.807) is 6.33 Å². The second kappa shape index (κ2) is 6.42. The van der Waals surface area contributed by atoms with Gasteiger partial charge in [0, 0.05) is 13.0 Å². The molecule has 0 fully saturated rings. The minimum atomic E-state index is 0.0858. The van der Waals surface area contributed by atoms with Gasteiger partial charge >= 0.3 is 0 Å². The lowest BCUT2D eigenvalue weighted by molar-refractivity contribution is 0.441. The Hall–Kier alpha value is -1.76. The van der Waals surface area contributed by atoms with E-state index in [0.717, 1.165) is 31.2 Å². The lowest BCUT2D eigenvalue weighted by atomic mass is 10.1. The van der Waals surface area contributed by atoms with E-state index < -0.39 is 0 Å². The molecule has 2 rings (SSSR count). The van der Waals surface area contributed by atoms with Crippen LogP contribution >= 0.6 is 0 Å². The fraction of sp³-hybridized carbons (Fsp3) is 0.667. The molecule has 2 heterocycles. The number of aromatic nitrogens is 6. The van der Waals surface area contributed by atoms with Crippen molar-refractivity contribution in [3.05, 3.63) is 24.3 Å². The molecule has 0 aliphatic rings. The number of rotatable bonds is 7. The number of hydrogen-bond acceptors (Lipinski definition) is 5. The van der Waals surface area contributed by atoms with Crippen molar-refractivity contribution in [3.8, 4) is 0 Å². The smallest absolute Gasteiger partial charge is 0.141 e. The predicted octanol–water partition coefficient (Wildman–Crippen LogP) is 0.945. The number of hydrogen-bond donors (Lipinski definition) is 2. The molecule has 2 aromatic rings. The molecule has 0 saturated carbocycles. The van der Waals surface area contributed by atoms with E-state index in [0.29, 0.717) is 5.92 Å². The van der Waals surface area contributed by atoms with Crippen LogP contribution in [0.25, 0.3) is 0 Å². The van der Waals surface area contributed by atoms with Crippen molar-refractivity contribution in [2.24, 2.45) is 5.92 Å². The quantitative estimate of drug-likeness (QED) is 0.777. The average Bonchev–Trinajstić information content (AvgIpc) is 3.00. The maximum atomic E-state index is 4.35. The van der Waals surface area contributed by atoms with Gasteiger partial charge in [-0.25, -0.2) is 14.6 Å². The van der Waals surface area contributed by atoms with Gasteiger partial charge in [-0.15, -0.1) is 0 Å². The molecule has 1 atom stereocenters. The van der Waals surface area contributed by atoms with Crippen LogP contribution in [0.5, 0.6) is 0 Å². The molecule has 7 nitrogen and oxygen atoms in total. The van der Waals surface area contributed by atoms with Crippen LogP contribution in [0.2, 0.25) is 0 Å². The van der Waals surface area contributed by atoms with Gasteiger partial charge in [0.05, 0.1) is 6.04 Å². The van der Waals surface area contributed by atoms with Gasteiger partial charge in [-0.2, -0.15) is 10.2 Å². The molecule has 0 spiro atoms. The van der Waals surface area contributed by atoms with E-state index >= 15 is 0 Å². The predicted molar refractivity (Wildman–Crippen MR) is 71.4 cm³/mol. The molecule has 0 amide bonds. The Morgan fingerprint density at radius 1 is 1.32 bits per heavy atom. The third-order valence-corrected chi connectivity index (χ3v) is 2.83. The van der Waals surface area contributed by atoms with Crippen molar-refractivity contribution in [1.82, 2.24) is 35.3 Å². The molecule has 0 radical (unpaired) electrons. The third kappa shape index (κ3) is 3.60. The molecule has 7 heteroatoms. The van der Waals surface area contributed by atoms with Gasteiger partial charge in [0.1, 0.15) is 24.3 Å². The highest BCUT2D eigenvalue weighted by molar-refractivity contribution is 4.99. The maximum absolute atomic E-state index is 4.35. The fourth-order valence-corrected chi connectivity index (χ4v) is 2.02. The Morgan fingerprint density at radius 3 is 2.79 bits per heavy atom. The van der Waals surface area contributed by atoms with E-state index in [-0.39, 0.29) is 6.04 Å². The first-order valence-electron chi connectivity index (χ1n) is 6.66. The standard InChI is InChI=1S/C12H21N7/c1-4-13-10(12-15-7-16-18-12)5-11-14-8-17-19(11)6-9(2)3/h7-10,13H,4-6H2,1-3H3,(H,15,16,18). The lowest BCUT2D eigenvalue weighted by Gasteiger charge is -2.15.